The molecule has 0 aliphatic carbocycles. The number of hydrogen-bond acceptors (Lipinski definition) is 2. The lowest BCUT2D eigenvalue weighted by molar-refractivity contribution is 0.152. The van der Waals surface area contributed by atoms with E-state index in [1.54, 1.807) is 6.07 Å². The summed E-state index contributed by atoms with van der Waals surface area (Å²) in [6, 6.07) is 8.27. The molecule has 1 unspecified atom stereocenters. The first kappa shape index (κ1) is 10.5. The van der Waals surface area contributed by atoms with E-state index in [2.05, 4.69) is 17.9 Å². The molecule has 0 saturated carbocycles. The normalized spacial score (nSPS) is 22.9. The molecule has 0 spiro atoms. The van der Waals surface area contributed by atoms with Crippen LogP contribution in [0.4, 0.5) is 0 Å². The Morgan fingerprint density at radius 1 is 1.40 bits per heavy atom. The summed E-state index contributed by atoms with van der Waals surface area (Å²) in [6.07, 6.45) is 3.97. The second-order valence-corrected chi connectivity index (χ2v) is 4.49. The summed E-state index contributed by atoms with van der Waals surface area (Å²) in [7, 11) is 0. The molecule has 0 amide bonds. The average molecular weight is 205 g/mol. The maximum Gasteiger partial charge on any atom is 0.115 e. The highest BCUT2D eigenvalue weighted by Gasteiger charge is 2.17. The lowest BCUT2D eigenvalue weighted by atomic mass is 10.0. The van der Waals surface area contributed by atoms with Crippen molar-refractivity contribution >= 4 is 0 Å². The van der Waals surface area contributed by atoms with Crippen LogP contribution >= 0.6 is 0 Å². The second-order valence-electron chi connectivity index (χ2n) is 4.49. The lowest BCUT2D eigenvalue weighted by Crippen LogP contribution is -2.36. The zero-order valence-electron chi connectivity index (χ0n) is 9.32. The van der Waals surface area contributed by atoms with Crippen molar-refractivity contribution in [3.63, 3.8) is 0 Å². The first-order valence-corrected chi connectivity index (χ1v) is 5.77. The molecule has 1 N–H and O–H groups in total. The molecule has 15 heavy (non-hydrogen) atoms. The molecular weight excluding hydrogens is 186 g/mol. The quantitative estimate of drug-likeness (QED) is 0.802. The largest absolute Gasteiger partial charge is 0.508 e. The Hall–Kier alpha value is -1.02. The summed E-state index contributed by atoms with van der Waals surface area (Å²) in [6.45, 7) is 4.45. The van der Waals surface area contributed by atoms with Gasteiger partial charge in [-0.2, -0.15) is 0 Å². The third kappa shape index (κ3) is 2.72. The van der Waals surface area contributed by atoms with E-state index in [9.17, 15) is 5.11 Å². The van der Waals surface area contributed by atoms with Crippen LogP contribution in [0.1, 0.15) is 31.7 Å². The Balaban J connectivity index is 2.01. The van der Waals surface area contributed by atoms with Crippen LogP contribution in [-0.4, -0.2) is 22.6 Å². The monoisotopic (exact) mass is 205 g/mol. The number of hydrogen-bond donors (Lipinski definition) is 1. The predicted molar refractivity (Wildman–Crippen MR) is 61.8 cm³/mol. The summed E-state index contributed by atoms with van der Waals surface area (Å²) in [5.74, 6) is 0.372. The molecule has 2 heteroatoms. The number of likely N-dealkylation sites (tertiary alicyclic amines) is 1. The standard InChI is InChI=1S/C13H19NO/c1-11-5-2-3-8-14(11)10-12-6-4-7-13(15)9-12/h4,6-7,9,11,15H,2-3,5,8,10H2,1H3. The van der Waals surface area contributed by atoms with Gasteiger partial charge in [0.1, 0.15) is 5.75 Å². The van der Waals surface area contributed by atoms with E-state index in [1.165, 1.54) is 31.4 Å². The van der Waals surface area contributed by atoms with Crippen LogP contribution in [0.2, 0.25) is 0 Å². The van der Waals surface area contributed by atoms with Gasteiger partial charge in [-0.05, 0) is 44.0 Å². The van der Waals surface area contributed by atoms with Gasteiger partial charge in [0, 0.05) is 12.6 Å². The Labute approximate surface area is 91.5 Å². The Bertz CT molecular complexity index is 324. The Morgan fingerprint density at radius 3 is 3.00 bits per heavy atom. The maximum atomic E-state index is 9.39. The molecule has 1 aliphatic heterocycles. The van der Waals surface area contributed by atoms with Crippen LogP contribution in [0, 0.1) is 0 Å². The van der Waals surface area contributed by atoms with E-state index in [0.717, 1.165) is 6.54 Å². The van der Waals surface area contributed by atoms with E-state index < -0.39 is 0 Å². The van der Waals surface area contributed by atoms with Gasteiger partial charge in [-0.15, -0.1) is 0 Å². The van der Waals surface area contributed by atoms with Crippen molar-refractivity contribution in [1.29, 1.82) is 0 Å². The number of benzene rings is 1. The Kier molecular flexibility index (Phi) is 3.27. The molecule has 0 radical (unpaired) electrons. The molecule has 1 atom stereocenters. The summed E-state index contributed by atoms with van der Waals surface area (Å²) >= 11 is 0. The van der Waals surface area contributed by atoms with E-state index >= 15 is 0 Å². The second kappa shape index (κ2) is 4.67. The summed E-state index contributed by atoms with van der Waals surface area (Å²) < 4.78 is 0. The van der Waals surface area contributed by atoms with E-state index in [-0.39, 0.29) is 0 Å². The molecule has 1 aromatic carbocycles. The smallest absolute Gasteiger partial charge is 0.115 e. The van der Waals surface area contributed by atoms with Crippen LogP contribution < -0.4 is 0 Å². The molecule has 1 fully saturated rings. The fourth-order valence-corrected chi connectivity index (χ4v) is 2.28. The van der Waals surface area contributed by atoms with Gasteiger partial charge in [-0.25, -0.2) is 0 Å². The molecule has 1 heterocycles. The molecule has 1 aliphatic rings. The molecular formula is C13H19NO. The minimum atomic E-state index is 0.372. The first-order valence-electron chi connectivity index (χ1n) is 5.77. The van der Waals surface area contributed by atoms with E-state index in [1.807, 2.05) is 12.1 Å². The zero-order valence-corrected chi connectivity index (χ0v) is 9.32. The third-order valence-electron chi connectivity index (χ3n) is 3.24. The van der Waals surface area contributed by atoms with Crippen LogP contribution in [0.25, 0.3) is 0 Å². The van der Waals surface area contributed by atoms with Crippen molar-refractivity contribution in [3.8, 4) is 5.75 Å². The summed E-state index contributed by atoms with van der Waals surface area (Å²) in [5.41, 5.74) is 1.21. The number of phenolic OH excluding ortho intramolecular Hbond substituents is 1. The number of nitrogens with zero attached hydrogens (tertiary/aromatic N) is 1. The lowest BCUT2D eigenvalue weighted by Gasteiger charge is -2.33. The van der Waals surface area contributed by atoms with E-state index in [4.69, 9.17) is 0 Å². The molecule has 1 aromatic rings. The van der Waals surface area contributed by atoms with Gasteiger partial charge in [0.2, 0.25) is 0 Å². The van der Waals surface area contributed by atoms with Gasteiger partial charge >= 0.3 is 0 Å². The van der Waals surface area contributed by atoms with Crippen molar-refractivity contribution < 1.29 is 5.11 Å². The van der Waals surface area contributed by atoms with Gasteiger partial charge in [0.25, 0.3) is 0 Å². The molecule has 1 saturated heterocycles. The number of rotatable bonds is 2. The SMILES string of the molecule is CC1CCCCN1Cc1cccc(O)c1. The van der Waals surface area contributed by atoms with Crippen molar-refractivity contribution in [2.75, 3.05) is 6.54 Å². The van der Waals surface area contributed by atoms with Crippen LogP contribution in [0.3, 0.4) is 0 Å². The minimum Gasteiger partial charge on any atom is -0.508 e. The van der Waals surface area contributed by atoms with Crippen molar-refractivity contribution in [1.82, 2.24) is 4.90 Å². The zero-order chi connectivity index (χ0) is 10.7. The minimum absolute atomic E-state index is 0.372. The van der Waals surface area contributed by atoms with Crippen LogP contribution in [0.15, 0.2) is 24.3 Å². The molecule has 82 valence electrons. The van der Waals surface area contributed by atoms with Gasteiger partial charge in [-0.3, -0.25) is 4.90 Å². The first-order chi connectivity index (χ1) is 7.25. The maximum absolute atomic E-state index is 9.39. The van der Waals surface area contributed by atoms with Crippen LogP contribution in [-0.2, 0) is 6.54 Å². The van der Waals surface area contributed by atoms with E-state index in [0.29, 0.717) is 11.8 Å². The van der Waals surface area contributed by atoms with Gasteiger partial charge in [0.15, 0.2) is 0 Å². The van der Waals surface area contributed by atoms with Gasteiger partial charge in [0.05, 0.1) is 0 Å². The van der Waals surface area contributed by atoms with Gasteiger partial charge in [-0.1, -0.05) is 18.6 Å². The molecule has 0 aromatic heterocycles. The third-order valence-corrected chi connectivity index (χ3v) is 3.24. The van der Waals surface area contributed by atoms with Gasteiger partial charge < -0.3 is 5.11 Å². The summed E-state index contributed by atoms with van der Waals surface area (Å²) in [4.78, 5) is 2.50. The molecule has 2 rings (SSSR count). The molecule has 0 bridgehead atoms. The Morgan fingerprint density at radius 2 is 2.27 bits per heavy atom. The highest BCUT2D eigenvalue weighted by molar-refractivity contribution is 5.27. The number of piperidine rings is 1. The van der Waals surface area contributed by atoms with Crippen molar-refractivity contribution in [2.24, 2.45) is 0 Å². The topological polar surface area (TPSA) is 23.5 Å². The number of aromatic hydroxyl groups is 1. The molecule has 2 nitrogen and oxygen atoms in total. The van der Waals surface area contributed by atoms with Crippen LogP contribution in [0.5, 0.6) is 5.75 Å². The average Bonchev–Trinajstić information content (AvgIpc) is 2.22. The predicted octanol–water partition coefficient (Wildman–Crippen LogP) is 2.77. The van der Waals surface area contributed by atoms with Crippen molar-refractivity contribution in [2.45, 2.75) is 38.8 Å². The highest BCUT2D eigenvalue weighted by Crippen LogP contribution is 2.20. The summed E-state index contributed by atoms with van der Waals surface area (Å²) in [5, 5.41) is 9.39. The van der Waals surface area contributed by atoms with Crippen molar-refractivity contribution in [3.05, 3.63) is 29.8 Å². The number of phenols is 1. The highest BCUT2D eigenvalue weighted by atomic mass is 16.3. The fourth-order valence-electron chi connectivity index (χ4n) is 2.28. The fraction of sp³-hybridized carbons (Fsp3) is 0.538.